The van der Waals surface area contributed by atoms with Gasteiger partial charge >= 0.3 is 5.97 Å². The number of halogens is 1. The Bertz CT molecular complexity index is 830. The molecular formula is C21H28ClN3O5. The molecule has 0 heterocycles. The number of esters is 1. The molecule has 0 aliphatic rings. The number of amidine groups is 1. The Morgan fingerprint density at radius 1 is 1.17 bits per heavy atom. The minimum atomic E-state index is -0.870. The molecule has 2 aromatic carbocycles. The van der Waals surface area contributed by atoms with Crippen molar-refractivity contribution >= 4 is 29.9 Å². The molecule has 0 aliphatic heterocycles. The molecule has 0 bridgehead atoms. The van der Waals surface area contributed by atoms with E-state index in [1.165, 1.54) is 0 Å². The first-order valence-electron chi connectivity index (χ1n) is 9.35. The van der Waals surface area contributed by atoms with Gasteiger partial charge in [-0.25, -0.2) is 4.79 Å². The van der Waals surface area contributed by atoms with Crippen LogP contribution in [-0.4, -0.2) is 48.4 Å². The molecule has 0 amide bonds. The number of hydrogen-bond donors (Lipinski definition) is 5. The zero-order chi connectivity index (χ0) is 21.2. The van der Waals surface area contributed by atoms with Gasteiger partial charge in [0.05, 0.1) is 13.2 Å². The Balaban J connectivity index is 0.00000450. The molecule has 1 atom stereocenters. The van der Waals surface area contributed by atoms with Crippen molar-refractivity contribution in [2.75, 3.05) is 31.7 Å². The number of rotatable bonds is 11. The number of hydrogen-bond acceptors (Lipinski definition) is 7. The lowest BCUT2D eigenvalue weighted by atomic mass is 10.0. The molecule has 0 radical (unpaired) electrons. The normalized spacial score (nSPS) is 11.2. The second kappa shape index (κ2) is 12.7. The summed E-state index contributed by atoms with van der Waals surface area (Å²) in [7, 11) is 0. The van der Waals surface area contributed by atoms with Crippen molar-refractivity contribution in [3.8, 4) is 5.75 Å². The predicted octanol–water partition coefficient (Wildman–Crippen LogP) is 2.01. The first kappa shape index (κ1) is 25.2. The van der Waals surface area contributed by atoms with E-state index in [0.29, 0.717) is 29.0 Å². The number of aliphatic hydroxyl groups is 2. The maximum Gasteiger partial charge on any atom is 0.333 e. The van der Waals surface area contributed by atoms with E-state index in [-0.39, 0.29) is 44.7 Å². The maximum absolute atomic E-state index is 12.7. The highest BCUT2D eigenvalue weighted by atomic mass is 35.5. The van der Waals surface area contributed by atoms with Crippen molar-refractivity contribution in [2.24, 2.45) is 5.73 Å². The standard InChI is InChI=1S/C21H27N3O5.ClH/c1-2-28-21(27)19(24-16-6-4-15(5-7-16)20(22)23)17-13-14(9-10-25)3-8-18(17)29-12-11-26;/h3-8,13,19,24-26H,2,9-12H2,1H3,(H3,22,23);1H. The summed E-state index contributed by atoms with van der Waals surface area (Å²) in [6, 6.07) is 11.2. The topological polar surface area (TPSA) is 138 Å². The lowest BCUT2D eigenvalue weighted by molar-refractivity contribution is -0.144. The summed E-state index contributed by atoms with van der Waals surface area (Å²) in [5.74, 6) is -0.0975. The van der Waals surface area contributed by atoms with Gasteiger partial charge in [0.15, 0.2) is 6.04 Å². The summed E-state index contributed by atoms with van der Waals surface area (Å²) in [6.45, 7) is 1.82. The molecule has 0 spiro atoms. The van der Waals surface area contributed by atoms with Crippen LogP contribution in [0.25, 0.3) is 0 Å². The molecule has 0 aromatic heterocycles. The highest BCUT2D eigenvalue weighted by molar-refractivity contribution is 5.95. The van der Waals surface area contributed by atoms with Crippen molar-refractivity contribution in [1.29, 1.82) is 5.41 Å². The fraction of sp³-hybridized carbons (Fsp3) is 0.333. The van der Waals surface area contributed by atoms with Crippen LogP contribution < -0.4 is 15.8 Å². The van der Waals surface area contributed by atoms with Gasteiger partial charge in [0.25, 0.3) is 0 Å². The van der Waals surface area contributed by atoms with E-state index in [2.05, 4.69) is 5.32 Å². The number of nitrogens with one attached hydrogen (secondary N) is 2. The van der Waals surface area contributed by atoms with Crippen molar-refractivity contribution in [3.05, 3.63) is 59.2 Å². The van der Waals surface area contributed by atoms with Gasteiger partial charge in [-0.15, -0.1) is 12.4 Å². The fourth-order valence-corrected chi connectivity index (χ4v) is 2.80. The zero-order valence-corrected chi connectivity index (χ0v) is 17.6. The number of carbonyl (C=O) groups excluding carboxylic acids is 1. The Hall–Kier alpha value is -2.81. The summed E-state index contributed by atoms with van der Waals surface area (Å²) in [4.78, 5) is 12.7. The van der Waals surface area contributed by atoms with Crippen LogP contribution in [0.1, 0.15) is 29.7 Å². The van der Waals surface area contributed by atoms with Crippen LogP contribution in [0.5, 0.6) is 5.75 Å². The van der Waals surface area contributed by atoms with Crippen LogP contribution >= 0.6 is 12.4 Å². The van der Waals surface area contributed by atoms with E-state index in [4.69, 9.17) is 25.7 Å². The monoisotopic (exact) mass is 437 g/mol. The molecular weight excluding hydrogens is 410 g/mol. The number of benzene rings is 2. The molecule has 0 saturated heterocycles. The third-order valence-corrected chi connectivity index (χ3v) is 4.16. The van der Waals surface area contributed by atoms with E-state index >= 15 is 0 Å². The number of ether oxygens (including phenoxy) is 2. The van der Waals surface area contributed by atoms with Gasteiger partial charge in [0.1, 0.15) is 18.2 Å². The molecule has 0 aliphatic carbocycles. The first-order valence-corrected chi connectivity index (χ1v) is 9.35. The largest absolute Gasteiger partial charge is 0.491 e. The Labute approximate surface area is 181 Å². The minimum absolute atomic E-state index is 0. The highest BCUT2D eigenvalue weighted by Gasteiger charge is 2.26. The molecule has 1 unspecified atom stereocenters. The summed E-state index contributed by atoms with van der Waals surface area (Å²) in [5, 5.41) is 29.0. The molecule has 164 valence electrons. The number of carbonyl (C=O) groups is 1. The quantitative estimate of drug-likeness (QED) is 0.206. The van der Waals surface area contributed by atoms with Crippen LogP contribution in [0.4, 0.5) is 5.69 Å². The van der Waals surface area contributed by atoms with Crippen LogP contribution in [0.15, 0.2) is 42.5 Å². The highest BCUT2D eigenvalue weighted by Crippen LogP contribution is 2.31. The van der Waals surface area contributed by atoms with Gasteiger partial charge in [-0.05, 0) is 55.3 Å². The molecule has 8 nitrogen and oxygen atoms in total. The third kappa shape index (κ3) is 6.91. The minimum Gasteiger partial charge on any atom is -0.491 e. The first-order chi connectivity index (χ1) is 14.0. The zero-order valence-electron chi connectivity index (χ0n) is 16.8. The van der Waals surface area contributed by atoms with Crippen LogP contribution in [-0.2, 0) is 16.0 Å². The third-order valence-electron chi connectivity index (χ3n) is 4.16. The van der Waals surface area contributed by atoms with E-state index in [1.54, 1.807) is 49.4 Å². The maximum atomic E-state index is 12.7. The summed E-state index contributed by atoms with van der Waals surface area (Å²) >= 11 is 0. The van der Waals surface area contributed by atoms with Crippen LogP contribution in [0.2, 0.25) is 0 Å². The second-order valence-corrected chi connectivity index (χ2v) is 6.24. The van der Waals surface area contributed by atoms with Crippen molar-refractivity contribution < 1.29 is 24.5 Å². The predicted molar refractivity (Wildman–Crippen MR) is 118 cm³/mol. The van der Waals surface area contributed by atoms with Crippen LogP contribution in [0.3, 0.4) is 0 Å². The second-order valence-electron chi connectivity index (χ2n) is 6.24. The Morgan fingerprint density at radius 2 is 1.87 bits per heavy atom. The van der Waals surface area contributed by atoms with Crippen molar-refractivity contribution in [2.45, 2.75) is 19.4 Å². The number of nitrogens with two attached hydrogens (primary N) is 1. The van der Waals surface area contributed by atoms with E-state index in [0.717, 1.165) is 5.56 Å². The number of anilines is 1. The Morgan fingerprint density at radius 3 is 2.43 bits per heavy atom. The fourth-order valence-electron chi connectivity index (χ4n) is 2.80. The van der Waals surface area contributed by atoms with Crippen LogP contribution in [0, 0.1) is 5.41 Å². The van der Waals surface area contributed by atoms with Gasteiger partial charge in [-0.3, -0.25) is 5.41 Å². The molecule has 6 N–H and O–H groups in total. The van der Waals surface area contributed by atoms with Crippen molar-refractivity contribution in [1.82, 2.24) is 0 Å². The van der Waals surface area contributed by atoms with Gasteiger partial charge < -0.3 is 30.7 Å². The van der Waals surface area contributed by atoms with Crippen molar-refractivity contribution in [3.63, 3.8) is 0 Å². The molecule has 2 aromatic rings. The lowest BCUT2D eigenvalue weighted by Gasteiger charge is -2.22. The van der Waals surface area contributed by atoms with E-state index in [1.807, 2.05) is 0 Å². The lowest BCUT2D eigenvalue weighted by Crippen LogP contribution is -2.24. The number of aliphatic hydroxyl groups excluding tert-OH is 2. The molecule has 0 fully saturated rings. The number of nitrogen functional groups attached to an aromatic ring is 1. The average molecular weight is 438 g/mol. The molecule has 9 heteroatoms. The molecule has 2 rings (SSSR count). The summed E-state index contributed by atoms with van der Waals surface area (Å²) in [6.07, 6.45) is 0.427. The van der Waals surface area contributed by atoms with Gasteiger partial charge in [-0.1, -0.05) is 6.07 Å². The summed E-state index contributed by atoms with van der Waals surface area (Å²) < 4.78 is 10.9. The molecule has 30 heavy (non-hydrogen) atoms. The van der Waals surface area contributed by atoms with Gasteiger partial charge in [0, 0.05) is 23.4 Å². The summed E-state index contributed by atoms with van der Waals surface area (Å²) in [5.41, 5.74) is 8.06. The molecule has 0 saturated carbocycles. The SMILES string of the molecule is CCOC(=O)C(Nc1ccc(C(=N)N)cc1)c1cc(CCO)ccc1OCCO.Cl. The average Bonchev–Trinajstić information content (AvgIpc) is 2.71. The van der Waals surface area contributed by atoms with Gasteiger partial charge in [0.2, 0.25) is 0 Å². The van der Waals surface area contributed by atoms with E-state index in [9.17, 15) is 9.90 Å². The smallest absolute Gasteiger partial charge is 0.333 e. The Kier molecular flexibility index (Phi) is 10.7. The van der Waals surface area contributed by atoms with Gasteiger partial charge in [-0.2, -0.15) is 0 Å². The van der Waals surface area contributed by atoms with E-state index < -0.39 is 12.0 Å².